The van der Waals surface area contributed by atoms with E-state index in [0.717, 1.165) is 11.3 Å². The van der Waals surface area contributed by atoms with Crippen molar-refractivity contribution in [2.75, 3.05) is 29.5 Å². The van der Waals surface area contributed by atoms with E-state index < -0.39 is 39.2 Å². The van der Waals surface area contributed by atoms with Gasteiger partial charge in [0.2, 0.25) is 5.91 Å². The Morgan fingerprint density at radius 3 is 2.51 bits per heavy atom. The minimum absolute atomic E-state index is 0.00717. The molecule has 9 nitrogen and oxygen atoms in total. The van der Waals surface area contributed by atoms with Crippen LogP contribution in [-0.4, -0.2) is 65.4 Å². The number of hydrogen-bond donors (Lipinski definition) is 1. The molecule has 3 atom stereocenters. The van der Waals surface area contributed by atoms with E-state index in [9.17, 15) is 27.3 Å². The van der Waals surface area contributed by atoms with Crippen LogP contribution in [0.15, 0.2) is 48.8 Å². The number of amides is 1. The van der Waals surface area contributed by atoms with Gasteiger partial charge in [-0.25, -0.2) is 26.9 Å². The summed E-state index contributed by atoms with van der Waals surface area (Å²) in [6.45, 7) is 0.828. The summed E-state index contributed by atoms with van der Waals surface area (Å²) in [7, 11) is -3.01. The molecule has 2 saturated carbocycles. The molecule has 2 aliphatic carbocycles. The summed E-state index contributed by atoms with van der Waals surface area (Å²) in [4.78, 5) is 19.6. The van der Waals surface area contributed by atoms with Gasteiger partial charge >= 0.3 is 0 Å². The summed E-state index contributed by atoms with van der Waals surface area (Å²) in [6.07, 6.45) is 3.78. The van der Waals surface area contributed by atoms with Crippen LogP contribution < -0.4 is 10.2 Å². The Labute approximate surface area is 237 Å². The number of halogens is 2. The van der Waals surface area contributed by atoms with E-state index in [1.54, 1.807) is 6.20 Å². The Hall–Kier alpha value is -3.85. The monoisotopic (exact) mass is 580 g/mol. The molecular weight excluding hydrogens is 550 g/mol. The maximum Gasteiger partial charge on any atom is 0.225 e. The molecule has 41 heavy (non-hydrogen) atoms. The number of anilines is 1. The van der Waals surface area contributed by atoms with Crippen molar-refractivity contribution in [3.63, 3.8) is 0 Å². The Morgan fingerprint density at radius 2 is 1.85 bits per heavy atom. The summed E-state index contributed by atoms with van der Waals surface area (Å²) >= 11 is 0. The maximum absolute atomic E-state index is 14.7. The van der Waals surface area contributed by atoms with Gasteiger partial charge in [-0.2, -0.15) is 10.4 Å². The lowest BCUT2D eigenvalue weighted by molar-refractivity contribution is -0.128. The molecule has 0 spiro atoms. The van der Waals surface area contributed by atoms with Crippen LogP contribution in [-0.2, 0) is 14.6 Å². The number of carbonyl (C=O) groups is 1. The number of hydrogen-bond acceptors (Lipinski definition) is 7. The van der Waals surface area contributed by atoms with Gasteiger partial charge in [0.1, 0.15) is 11.7 Å². The molecule has 1 aromatic carbocycles. The van der Waals surface area contributed by atoms with Crippen LogP contribution in [0.25, 0.3) is 16.9 Å². The summed E-state index contributed by atoms with van der Waals surface area (Å²) < 4.78 is 54.5. The lowest BCUT2D eigenvalue weighted by atomic mass is 9.74. The molecule has 3 fully saturated rings. The van der Waals surface area contributed by atoms with Crippen LogP contribution in [0, 0.1) is 23.1 Å². The highest BCUT2D eigenvalue weighted by Crippen LogP contribution is 2.44. The van der Waals surface area contributed by atoms with Gasteiger partial charge in [-0.3, -0.25) is 4.79 Å². The second kappa shape index (κ2) is 10.5. The van der Waals surface area contributed by atoms with Gasteiger partial charge in [-0.15, -0.1) is 0 Å². The number of alkyl halides is 1. The van der Waals surface area contributed by atoms with Crippen LogP contribution in [0.2, 0.25) is 0 Å². The van der Waals surface area contributed by atoms with E-state index in [1.807, 2.05) is 29.2 Å². The zero-order valence-corrected chi connectivity index (χ0v) is 23.2. The van der Waals surface area contributed by atoms with Crippen molar-refractivity contribution in [2.24, 2.45) is 5.92 Å². The Balaban J connectivity index is 1.37. The molecule has 0 radical (unpaired) electrons. The number of nitrogens with one attached hydrogen (secondary N) is 1. The fourth-order valence-corrected chi connectivity index (χ4v) is 7.02. The first-order valence-electron chi connectivity index (χ1n) is 13.8. The third-order valence-electron chi connectivity index (χ3n) is 8.39. The summed E-state index contributed by atoms with van der Waals surface area (Å²) in [5, 5.41) is 17.1. The topological polar surface area (TPSA) is 121 Å². The van der Waals surface area contributed by atoms with Crippen molar-refractivity contribution in [1.29, 1.82) is 5.26 Å². The molecule has 3 unspecified atom stereocenters. The highest BCUT2D eigenvalue weighted by atomic mass is 32.2. The summed E-state index contributed by atoms with van der Waals surface area (Å²) in [5.74, 6) is -1.90. The second-order valence-corrected chi connectivity index (χ2v) is 13.5. The molecule has 214 valence electrons. The van der Waals surface area contributed by atoms with E-state index in [2.05, 4.69) is 16.4 Å². The first kappa shape index (κ1) is 27.3. The molecule has 1 N–H and O–H groups in total. The Bertz CT molecular complexity index is 1600. The normalized spacial score (nSPS) is 24.8. The van der Waals surface area contributed by atoms with Crippen LogP contribution in [0.5, 0.6) is 0 Å². The van der Waals surface area contributed by atoms with Crippen LogP contribution in [0.4, 0.5) is 14.5 Å². The molecule has 3 aliphatic rings. The van der Waals surface area contributed by atoms with Crippen molar-refractivity contribution in [2.45, 2.75) is 49.7 Å². The van der Waals surface area contributed by atoms with Gasteiger partial charge in [-0.05, 0) is 61.9 Å². The molecule has 1 aliphatic heterocycles. The van der Waals surface area contributed by atoms with Gasteiger partial charge in [0.05, 0.1) is 23.3 Å². The molecule has 2 aromatic heterocycles. The number of nitrogens with zero attached hydrogens (tertiary/aromatic N) is 5. The molecule has 1 saturated heterocycles. The van der Waals surface area contributed by atoms with Crippen LogP contribution in [0.1, 0.15) is 43.7 Å². The van der Waals surface area contributed by atoms with Crippen LogP contribution >= 0.6 is 0 Å². The van der Waals surface area contributed by atoms with E-state index >= 15 is 0 Å². The average molecular weight is 581 g/mol. The first-order chi connectivity index (χ1) is 19.7. The summed E-state index contributed by atoms with van der Waals surface area (Å²) in [6, 6.07) is 12.5. The zero-order valence-electron chi connectivity index (χ0n) is 22.3. The predicted molar refractivity (Wildman–Crippen MR) is 148 cm³/mol. The molecule has 6 rings (SSSR count). The largest absolute Gasteiger partial charge is 0.369 e. The van der Waals surface area contributed by atoms with E-state index in [0.29, 0.717) is 43.6 Å². The van der Waals surface area contributed by atoms with E-state index in [-0.39, 0.29) is 36.1 Å². The first-order valence-corrected chi connectivity index (χ1v) is 15.6. The van der Waals surface area contributed by atoms with Crippen molar-refractivity contribution >= 4 is 21.4 Å². The number of carbonyl (C=O) groups excluding carboxylic acids is 1. The van der Waals surface area contributed by atoms with Crippen molar-refractivity contribution in [1.82, 2.24) is 20.1 Å². The fraction of sp³-hybridized carbons (Fsp3) is 0.448. The lowest BCUT2D eigenvalue weighted by Gasteiger charge is -2.32. The van der Waals surface area contributed by atoms with Gasteiger partial charge in [0.25, 0.3) is 0 Å². The minimum Gasteiger partial charge on any atom is -0.369 e. The third kappa shape index (κ3) is 5.55. The maximum atomic E-state index is 14.7. The predicted octanol–water partition coefficient (Wildman–Crippen LogP) is 3.70. The van der Waals surface area contributed by atoms with Crippen molar-refractivity contribution in [3.8, 4) is 23.0 Å². The number of sulfone groups is 1. The van der Waals surface area contributed by atoms with Gasteiger partial charge in [0, 0.05) is 48.6 Å². The standard InChI is InChI=1S/C29H30F2N6O3S/c30-20-5-8-22(23(16-20)28(38)34-29(18-32)9-10-29)26-24(17-37(35-26)27-25(31)2-1-11-33-27)19-3-6-21(7-4-19)36-12-14-41(39,40)15-13-36/h1-4,6-7,11,17,20,22-23H,5,8-10,12-16H2,(H,34,38). The quantitative estimate of drug-likeness (QED) is 0.472. The fourth-order valence-electron chi connectivity index (χ4n) is 5.81. The van der Waals surface area contributed by atoms with Gasteiger partial charge < -0.3 is 10.2 Å². The Morgan fingerprint density at radius 1 is 1.12 bits per heavy atom. The van der Waals surface area contributed by atoms with Crippen LogP contribution in [0.3, 0.4) is 0 Å². The average Bonchev–Trinajstić information content (AvgIpc) is 3.60. The second-order valence-electron chi connectivity index (χ2n) is 11.2. The number of pyridine rings is 1. The smallest absolute Gasteiger partial charge is 0.225 e. The van der Waals surface area contributed by atoms with Crippen molar-refractivity contribution < 1.29 is 22.0 Å². The van der Waals surface area contributed by atoms with E-state index in [4.69, 9.17) is 5.10 Å². The number of rotatable bonds is 6. The molecule has 3 heterocycles. The SMILES string of the molecule is N#CC1(NC(=O)C2CC(F)CCC2c2nn(-c3ncccc3F)cc2-c2ccc(N3CCS(=O)(=O)CC3)cc2)CC1. The zero-order chi connectivity index (χ0) is 28.8. The van der Waals surface area contributed by atoms with Crippen molar-refractivity contribution in [3.05, 3.63) is 60.3 Å². The minimum atomic E-state index is -3.01. The number of aromatic nitrogens is 3. The Kier molecular flexibility index (Phi) is 7.01. The summed E-state index contributed by atoms with van der Waals surface area (Å²) in [5.41, 5.74) is 1.99. The lowest BCUT2D eigenvalue weighted by Crippen LogP contribution is -2.44. The van der Waals surface area contributed by atoms with Gasteiger partial charge in [0.15, 0.2) is 21.5 Å². The highest BCUT2D eigenvalue weighted by Gasteiger charge is 2.48. The highest BCUT2D eigenvalue weighted by molar-refractivity contribution is 7.91. The molecule has 3 aromatic rings. The molecule has 12 heteroatoms. The number of nitriles is 1. The third-order valence-corrected chi connectivity index (χ3v) is 10.00. The molecule has 1 amide bonds. The molecule has 0 bridgehead atoms. The number of benzene rings is 1. The van der Waals surface area contributed by atoms with E-state index in [1.165, 1.54) is 23.0 Å². The molecular formula is C29H30F2N6O3S. The van der Waals surface area contributed by atoms with Gasteiger partial charge in [-0.1, -0.05) is 12.1 Å².